The summed E-state index contributed by atoms with van der Waals surface area (Å²) >= 11 is 0. The largest absolute Gasteiger partial charge is 0.445 e. The second-order valence-corrected chi connectivity index (χ2v) is 6.39. The fourth-order valence-corrected chi connectivity index (χ4v) is 3.17. The Morgan fingerprint density at radius 1 is 1.31 bits per heavy atom. The Bertz CT molecular complexity index is 811. The Labute approximate surface area is 147 Å². The number of pyridine rings is 1. The zero-order valence-corrected chi connectivity index (χ0v) is 13.8. The highest BCUT2D eigenvalue weighted by Crippen LogP contribution is 2.30. The molecular weight excluding hydrogens is 351 g/mol. The van der Waals surface area contributed by atoms with Gasteiger partial charge >= 0.3 is 6.18 Å². The number of carbonyl (C=O) groups is 1. The molecule has 1 saturated heterocycles. The number of hydrogen-bond donors (Lipinski definition) is 0. The minimum atomic E-state index is -4.53. The van der Waals surface area contributed by atoms with E-state index in [9.17, 15) is 18.0 Å². The fraction of sp³-hybridized carbons (Fsp3) is 0.471. The van der Waals surface area contributed by atoms with Gasteiger partial charge in [-0.25, -0.2) is 4.98 Å². The average Bonchev–Trinajstić information content (AvgIpc) is 3.29. The molecule has 2 aromatic heterocycles. The zero-order chi connectivity index (χ0) is 18.3. The summed E-state index contributed by atoms with van der Waals surface area (Å²) in [6.07, 6.45) is -2.18. The van der Waals surface area contributed by atoms with Crippen LogP contribution in [0.1, 0.15) is 45.7 Å². The molecule has 6 nitrogen and oxygen atoms in total. The third-order valence-electron chi connectivity index (χ3n) is 4.61. The molecule has 2 aromatic rings. The van der Waals surface area contributed by atoms with E-state index in [1.54, 1.807) is 4.90 Å². The fourth-order valence-electron chi connectivity index (χ4n) is 3.17. The molecule has 1 amide bonds. The first-order valence-electron chi connectivity index (χ1n) is 8.30. The highest BCUT2D eigenvalue weighted by atomic mass is 19.4. The highest BCUT2D eigenvalue weighted by Gasteiger charge is 2.33. The van der Waals surface area contributed by atoms with E-state index in [0.29, 0.717) is 37.8 Å². The van der Waals surface area contributed by atoms with Crippen molar-refractivity contribution in [1.82, 2.24) is 14.9 Å². The highest BCUT2D eigenvalue weighted by molar-refractivity contribution is 5.94. The van der Waals surface area contributed by atoms with E-state index in [2.05, 4.69) is 9.97 Å². The molecule has 1 atom stereocenters. The normalized spacial score (nSPS) is 20.3. The van der Waals surface area contributed by atoms with Gasteiger partial charge in [0, 0.05) is 25.8 Å². The molecule has 0 N–H and O–H groups in total. The Morgan fingerprint density at radius 3 is 2.81 bits per heavy atom. The Kier molecular flexibility index (Phi) is 4.18. The van der Waals surface area contributed by atoms with Crippen molar-refractivity contribution in [2.75, 3.05) is 19.8 Å². The van der Waals surface area contributed by atoms with Crippen molar-refractivity contribution in [3.05, 3.63) is 46.9 Å². The lowest BCUT2D eigenvalue weighted by atomic mass is 10.1. The van der Waals surface area contributed by atoms with Crippen LogP contribution in [0.15, 0.2) is 22.7 Å². The van der Waals surface area contributed by atoms with E-state index in [4.69, 9.17) is 9.15 Å². The summed E-state index contributed by atoms with van der Waals surface area (Å²) in [6, 6.07) is 1.97. The molecule has 0 aliphatic carbocycles. The standard InChI is InChI=1S/C17H16F3N3O3/c18-17(19,20)14-2-1-10(7-21-14)16(24)23-5-3-13-12(8-23)22-15(26-13)11-4-6-25-9-11/h1-2,7,11H,3-6,8-9H2. The second-order valence-electron chi connectivity index (χ2n) is 6.39. The minimum absolute atomic E-state index is 0.120. The quantitative estimate of drug-likeness (QED) is 0.817. The molecule has 0 spiro atoms. The van der Waals surface area contributed by atoms with Crippen molar-refractivity contribution in [2.24, 2.45) is 0 Å². The lowest BCUT2D eigenvalue weighted by Crippen LogP contribution is -2.35. The van der Waals surface area contributed by atoms with E-state index in [-0.39, 0.29) is 23.9 Å². The van der Waals surface area contributed by atoms with Crippen LogP contribution in [0.25, 0.3) is 0 Å². The van der Waals surface area contributed by atoms with Gasteiger partial charge in [0.25, 0.3) is 5.91 Å². The van der Waals surface area contributed by atoms with E-state index < -0.39 is 11.9 Å². The first-order chi connectivity index (χ1) is 12.4. The van der Waals surface area contributed by atoms with Gasteiger partial charge in [-0.2, -0.15) is 13.2 Å². The van der Waals surface area contributed by atoms with Gasteiger partial charge in [-0.3, -0.25) is 9.78 Å². The van der Waals surface area contributed by atoms with Gasteiger partial charge in [-0.15, -0.1) is 0 Å². The van der Waals surface area contributed by atoms with Crippen LogP contribution < -0.4 is 0 Å². The molecule has 2 aliphatic rings. The second kappa shape index (κ2) is 6.39. The van der Waals surface area contributed by atoms with Crippen molar-refractivity contribution in [3.63, 3.8) is 0 Å². The molecule has 1 unspecified atom stereocenters. The number of oxazole rings is 1. The summed E-state index contributed by atoms with van der Waals surface area (Å²) in [5.41, 5.74) is -0.198. The number of rotatable bonds is 2. The number of ether oxygens (including phenoxy) is 1. The maximum atomic E-state index is 12.6. The van der Waals surface area contributed by atoms with Crippen LogP contribution in [0.3, 0.4) is 0 Å². The summed E-state index contributed by atoms with van der Waals surface area (Å²) in [6.45, 7) is 1.96. The van der Waals surface area contributed by atoms with Crippen LogP contribution >= 0.6 is 0 Å². The molecule has 9 heteroatoms. The smallest absolute Gasteiger partial charge is 0.433 e. The van der Waals surface area contributed by atoms with Crippen LogP contribution in [0.4, 0.5) is 13.2 Å². The number of amides is 1. The summed E-state index contributed by atoms with van der Waals surface area (Å²) in [7, 11) is 0. The number of fused-ring (bicyclic) bond motifs is 1. The lowest BCUT2D eigenvalue weighted by molar-refractivity contribution is -0.141. The van der Waals surface area contributed by atoms with Gasteiger partial charge in [0.15, 0.2) is 5.89 Å². The molecular formula is C17H16F3N3O3. The summed E-state index contributed by atoms with van der Waals surface area (Å²) in [4.78, 5) is 22.0. The van der Waals surface area contributed by atoms with E-state index >= 15 is 0 Å². The maximum Gasteiger partial charge on any atom is 0.433 e. The SMILES string of the molecule is O=C(c1ccc(C(F)(F)F)nc1)N1CCc2oc(C3CCOC3)nc2C1. The molecule has 26 heavy (non-hydrogen) atoms. The summed E-state index contributed by atoms with van der Waals surface area (Å²) < 4.78 is 48.9. The lowest BCUT2D eigenvalue weighted by Gasteiger charge is -2.25. The molecule has 0 saturated carbocycles. The molecule has 0 aromatic carbocycles. The van der Waals surface area contributed by atoms with Crippen LogP contribution in [-0.2, 0) is 23.9 Å². The van der Waals surface area contributed by atoms with Gasteiger partial charge in [-0.1, -0.05) is 0 Å². The third-order valence-corrected chi connectivity index (χ3v) is 4.61. The van der Waals surface area contributed by atoms with Crippen molar-refractivity contribution < 1.29 is 27.1 Å². The van der Waals surface area contributed by atoms with Crippen LogP contribution in [0.5, 0.6) is 0 Å². The van der Waals surface area contributed by atoms with Crippen molar-refractivity contribution in [3.8, 4) is 0 Å². The van der Waals surface area contributed by atoms with Crippen molar-refractivity contribution in [2.45, 2.75) is 31.5 Å². The molecule has 2 aliphatic heterocycles. The Morgan fingerprint density at radius 2 is 2.15 bits per heavy atom. The van der Waals surface area contributed by atoms with Gasteiger partial charge in [-0.05, 0) is 18.6 Å². The molecule has 1 fully saturated rings. The average molecular weight is 367 g/mol. The summed E-state index contributed by atoms with van der Waals surface area (Å²) in [5.74, 6) is 1.17. The van der Waals surface area contributed by atoms with Crippen LogP contribution in [0.2, 0.25) is 0 Å². The number of alkyl halides is 3. The number of hydrogen-bond acceptors (Lipinski definition) is 5. The van der Waals surface area contributed by atoms with E-state index in [0.717, 1.165) is 30.5 Å². The van der Waals surface area contributed by atoms with Crippen molar-refractivity contribution >= 4 is 5.91 Å². The predicted molar refractivity (Wildman–Crippen MR) is 82.4 cm³/mol. The maximum absolute atomic E-state index is 12.6. The van der Waals surface area contributed by atoms with Gasteiger partial charge in [0.2, 0.25) is 0 Å². The van der Waals surface area contributed by atoms with Gasteiger partial charge in [0.1, 0.15) is 17.1 Å². The van der Waals surface area contributed by atoms with Crippen LogP contribution in [-0.4, -0.2) is 40.5 Å². The number of aromatic nitrogens is 2. The first kappa shape index (κ1) is 17.0. The topological polar surface area (TPSA) is 68.5 Å². The molecule has 4 rings (SSSR count). The molecule has 4 heterocycles. The predicted octanol–water partition coefficient (Wildman–Crippen LogP) is 2.79. The van der Waals surface area contributed by atoms with Crippen LogP contribution in [0, 0.1) is 0 Å². The number of nitrogens with zero attached hydrogens (tertiary/aromatic N) is 3. The zero-order valence-electron chi connectivity index (χ0n) is 13.8. The van der Waals surface area contributed by atoms with E-state index in [1.165, 1.54) is 0 Å². The molecule has 138 valence electrons. The third kappa shape index (κ3) is 3.18. The monoisotopic (exact) mass is 367 g/mol. The van der Waals surface area contributed by atoms with Gasteiger partial charge in [0.05, 0.1) is 24.6 Å². The molecule has 0 radical (unpaired) electrons. The number of halogens is 3. The Balaban J connectivity index is 1.48. The first-order valence-corrected chi connectivity index (χ1v) is 8.30. The Hall–Kier alpha value is -2.42. The summed E-state index contributed by atoms with van der Waals surface area (Å²) in [5, 5.41) is 0. The van der Waals surface area contributed by atoms with E-state index in [1.807, 2.05) is 0 Å². The minimum Gasteiger partial charge on any atom is -0.445 e. The van der Waals surface area contributed by atoms with Crippen molar-refractivity contribution in [1.29, 1.82) is 0 Å². The molecule has 0 bridgehead atoms. The van der Waals surface area contributed by atoms with Gasteiger partial charge < -0.3 is 14.1 Å². The number of carbonyl (C=O) groups excluding carboxylic acids is 1.